The highest BCUT2D eigenvalue weighted by Gasteiger charge is 2.35. The van der Waals surface area contributed by atoms with Crippen LogP contribution in [0, 0.1) is 10.8 Å². The van der Waals surface area contributed by atoms with Gasteiger partial charge in [0.2, 0.25) is 0 Å². The lowest BCUT2D eigenvalue weighted by atomic mass is 9.87. The van der Waals surface area contributed by atoms with Gasteiger partial charge in [0.25, 0.3) is 11.8 Å². The molecule has 3 aromatic carbocycles. The lowest BCUT2D eigenvalue weighted by Gasteiger charge is -2.28. The van der Waals surface area contributed by atoms with E-state index in [4.69, 9.17) is 11.1 Å². The Morgan fingerprint density at radius 1 is 0.927 bits per heavy atom. The fourth-order valence-electron chi connectivity index (χ4n) is 4.96. The summed E-state index contributed by atoms with van der Waals surface area (Å²) in [5.74, 6) is -2.17. The number of rotatable bonds is 8. The third-order valence-electron chi connectivity index (χ3n) is 7.21. The van der Waals surface area contributed by atoms with Gasteiger partial charge in [-0.15, -0.1) is 0 Å². The molecule has 0 spiro atoms. The SMILES string of the molecule is CC1(C)CCC[C@H]1NC(=O)c1ccc(-c2ccccc2C(=O)Nc2ccc(C(=N)N)cc2)c(C(=O)OS(C)(=O)=O)c1. The number of carbonyl (C=O) groups is 3. The first-order valence-electron chi connectivity index (χ1n) is 13.0. The number of hydrogen-bond donors (Lipinski definition) is 4. The Bertz CT molecular complexity index is 1630. The molecule has 3 aromatic rings. The second kappa shape index (κ2) is 11.5. The molecule has 214 valence electrons. The largest absolute Gasteiger partial charge is 0.384 e. The summed E-state index contributed by atoms with van der Waals surface area (Å²) in [6.45, 7) is 4.17. The average Bonchev–Trinajstić information content (AvgIpc) is 3.24. The molecule has 0 unspecified atom stereocenters. The molecule has 1 aliphatic carbocycles. The van der Waals surface area contributed by atoms with Crippen LogP contribution in [-0.2, 0) is 14.3 Å². The van der Waals surface area contributed by atoms with Crippen molar-refractivity contribution in [1.29, 1.82) is 5.41 Å². The summed E-state index contributed by atoms with van der Waals surface area (Å²) in [5.41, 5.74) is 7.08. The molecule has 0 bridgehead atoms. The van der Waals surface area contributed by atoms with Crippen molar-refractivity contribution in [2.45, 2.75) is 39.2 Å². The molecule has 1 saturated carbocycles. The van der Waals surface area contributed by atoms with E-state index in [1.54, 1.807) is 48.5 Å². The van der Waals surface area contributed by atoms with E-state index < -0.39 is 27.9 Å². The topological polar surface area (TPSA) is 169 Å². The monoisotopic (exact) mass is 576 g/mol. The van der Waals surface area contributed by atoms with Crippen molar-refractivity contribution in [2.24, 2.45) is 11.1 Å². The standard InChI is InChI=1S/C30H32N4O6S/c1-30(2)16-6-9-25(30)34-27(35)19-12-15-22(24(17-19)29(37)40-41(3,38)39)21-7-4-5-8-23(21)28(36)33-20-13-10-18(11-14-20)26(31)32/h4-5,7-8,10-15,17,25H,6,9,16H2,1-3H3,(H3,31,32)(H,33,36)(H,34,35)/t25-/m1/s1. The van der Waals surface area contributed by atoms with E-state index in [-0.39, 0.29) is 39.5 Å². The van der Waals surface area contributed by atoms with Gasteiger partial charge < -0.3 is 20.6 Å². The second-order valence-corrected chi connectivity index (χ2v) is 12.3. The summed E-state index contributed by atoms with van der Waals surface area (Å²) >= 11 is 0. The van der Waals surface area contributed by atoms with Gasteiger partial charge in [0.15, 0.2) is 0 Å². The Balaban J connectivity index is 1.71. The number of nitrogen functional groups attached to an aromatic ring is 1. The normalized spacial score (nSPS) is 16.0. The fourth-order valence-corrected chi connectivity index (χ4v) is 5.32. The highest BCUT2D eigenvalue weighted by atomic mass is 32.2. The zero-order chi connectivity index (χ0) is 29.9. The van der Waals surface area contributed by atoms with Crippen molar-refractivity contribution in [2.75, 3.05) is 11.6 Å². The Labute approximate surface area is 238 Å². The summed E-state index contributed by atoms with van der Waals surface area (Å²) in [7, 11) is -4.17. The number of amidine groups is 1. The van der Waals surface area contributed by atoms with Crippen LogP contribution in [0.5, 0.6) is 0 Å². The predicted octanol–water partition coefficient (Wildman–Crippen LogP) is 4.31. The van der Waals surface area contributed by atoms with Crippen LogP contribution in [0.1, 0.15) is 69.7 Å². The molecule has 0 saturated heterocycles. The molecule has 0 aromatic heterocycles. The molecule has 1 atom stereocenters. The van der Waals surface area contributed by atoms with Crippen LogP contribution in [0.15, 0.2) is 66.7 Å². The lowest BCUT2D eigenvalue weighted by molar-refractivity contribution is 0.0748. The number of benzene rings is 3. The molecule has 1 fully saturated rings. The van der Waals surface area contributed by atoms with Crippen molar-refractivity contribution in [1.82, 2.24) is 5.32 Å². The zero-order valence-corrected chi connectivity index (χ0v) is 23.8. The maximum atomic E-state index is 13.3. The Hall–Kier alpha value is -4.51. The van der Waals surface area contributed by atoms with E-state index in [1.165, 1.54) is 18.2 Å². The minimum absolute atomic E-state index is 0.0463. The van der Waals surface area contributed by atoms with Crippen LogP contribution in [-0.4, -0.2) is 44.3 Å². The smallest absolute Gasteiger partial charge is 0.354 e. The molecular weight excluding hydrogens is 544 g/mol. The van der Waals surface area contributed by atoms with E-state index in [9.17, 15) is 22.8 Å². The van der Waals surface area contributed by atoms with Gasteiger partial charge in [-0.1, -0.05) is 44.5 Å². The molecule has 11 heteroatoms. The van der Waals surface area contributed by atoms with Crippen molar-refractivity contribution >= 4 is 39.4 Å². The molecule has 5 N–H and O–H groups in total. The van der Waals surface area contributed by atoms with Crippen molar-refractivity contribution < 1.29 is 27.0 Å². The van der Waals surface area contributed by atoms with Crippen molar-refractivity contribution in [3.05, 3.63) is 89.0 Å². The van der Waals surface area contributed by atoms with E-state index in [2.05, 4.69) is 28.7 Å². The maximum absolute atomic E-state index is 13.3. The number of amides is 2. The molecule has 2 amide bonds. The highest BCUT2D eigenvalue weighted by molar-refractivity contribution is 7.86. The van der Waals surface area contributed by atoms with Gasteiger partial charge >= 0.3 is 16.1 Å². The van der Waals surface area contributed by atoms with Crippen LogP contribution < -0.4 is 16.4 Å². The van der Waals surface area contributed by atoms with E-state index in [0.29, 0.717) is 16.8 Å². The summed E-state index contributed by atoms with van der Waals surface area (Å²) in [6.07, 6.45) is 3.55. The van der Waals surface area contributed by atoms with Gasteiger partial charge in [0.1, 0.15) is 5.84 Å². The van der Waals surface area contributed by atoms with Gasteiger partial charge in [-0.2, -0.15) is 8.42 Å². The molecular formula is C30H32N4O6S. The van der Waals surface area contributed by atoms with Gasteiger partial charge in [0.05, 0.1) is 11.8 Å². The van der Waals surface area contributed by atoms with Crippen molar-refractivity contribution in [3.8, 4) is 11.1 Å². The summed E-state index contributed by atoms with van der Waals surface area (Å²) in [6, 6.07) is 17.2. The van der Waals surface area contributed by atoms with Gasteiger partial charge in [0, 0.05) is 28.4 Å². The number of hydrogen-bond acceptors (Lipinski definition) is 7. The van der Waals surface area contributed by atoms with Gasteiger partial charge in [-0.05, 0) is 71.8 Å². The molecule has 0 radical (unpaired) electrons. The second-order valence-electron chi connectivity index (χ2n) is 10.7. The van der Waals surface area contributed by atoms with Gasteiger partial charge in [-0.3, -0.25) is 15.0 Å². The Morgan fingerprint density at radius 3 is 2.17 bits per heavy atom. The van der Waals surface area contributed by atoms with E-state index in [0.717, 1.165) is 25.5 Å². The van der Waals surface area contributed by atoms with E-state index in [1.807, 2.05) is 0 Å². The minimum Gasteiger partial charge on any atom is -0.384 e. The third-order valence-corrected chi connectivity index (χ3v) is 7.66. The number of anilines is 1. The Kier molecular flexibility index (Phi) is 8.29. The minimum atomic E-state index is -4.17. The molecule has 0 heterocycles. The van der Waals surface area contributed by atoms with Crippen molar-refractivity contribution in [3.63, 3.8) is 0 Å². The molecule has 1 aliphatic rings. The van der Waals surface area contributed by atoms with E-state index >= 15 is 0 Å². The Morgan fingerprint density at radius 2 is 1.56 bits per heavy atom. The van der Waals surface area contributed by atoms with Crippen LogP contribution >= 0.6 is 0 Å². The van der Waals surface area contributed by atoms with Crippen LogP contribution in [0.2, 0.25) is 0 Å². The number of nitrogens with one attached hydrogen (secondary N) is 3. The zero-order valence-electron chi connectivity index (χ0n) is 23.0. The number of nitrogens with two attached hydrogens (primary N) is 1. The highest BCUT2D eigenvalue weighted by Crippen LogP contribution is 2.37. The summed E-state index contributed by atoms with van der Waals surface area (Å²) in [4.78, 5) is 39.6. The summed E-state index contributed by atoms with van der Waals surface area (Å²) in [5, 5.41) is 13.3. The molecule has 4 rings (SSSR count). The maximum Gasteiger partial charge on any atom is 0.354 e. The fraction of sp³-hybridized carbons (Fsp3) is 0.267. The summed E-state index contributed by atoms with van der Waals surface area (Å²) < 4.78 is 28.3. The van der Waals surface area contributed by atoms with Crippen LogP contribution in [0.25, 0.3) is 11.1 Å². The first-order chi connectivity index (χ1) is 19.2. The lowest BCUT2D eigenvalue weighted by Crippen LogP contribution is -2.41. The molecule has 41 heavy (non-hydrogen) atoms. The van der Waals surface area contributed by atoms with Gasteiger partial charge in [-0.25, -0.2) is 4.79 Å². The third kappa shape index (κ3) is 6.98. The predicted molar refractivity (Wildman–Crippen MR) is 156 cm³/mol. The quantitative estimate of drug-likeness (QED) is 0.176. The first-order valence-corrected chi connectivity index (χ1v) is 14.8. The molecule has 10 nitrogen and oxygen atoms in total. The number of carbonyl (C=O) groups excluding carboxylic acids is 3. The van der Waals surface area contributed by atoms with Crippen LogP contribution in [0.3, 0.4) is 0 Å². The molecule has 0 aliphatic heterocycles. The van der Waals surface area contributed by atoms with Crippen LogP contribution in [0.4, 0.5) is 5.69 Å². The average molecular weight is 577 g/mol. The first kappa shape index (κ1) is 29.5.